The second-order valence-corrected chi connectivity index (χ2v) is 5.08. The molecule has 0 aliphatic carbocycles. The second kappa shape index (κ2) is 6.27. The summed E-state index contributed by atoms with van der Waals surface area (Å²) < 4.78 is 6.91. The molecule has 3 rings (SSSR count). The maximum Gasteiger partial charge on any atom is 0.343 e. The number of ether oxygens (including phenoxy) is 1. The fraction of sp³-hybridized carbons (Fsp3) is 0.125. The summed E-state index contributed by atoms with van der Waals surface area (Å²) in [5, 5.41) is 10.9. The fourth-order valence-electron chi connectivity index (χ4n) is 2.02. The van der Waals surface area contributed by atoms with Crippen molar-refractivity contribution in [3.63, 3.8) is 0 Å². The van der Waals surface area contributed by atoms with Gasteiger partial charge in [0.05, 0.1) is 11.3 Å². The molecule has 1 aromatic heterocycles. The average molecular weight is 309 g/mol. The van der Waals surface area contributed by atoms with Crippen LogP contribution in [0.5, 0.6) is 5.75 Å². The van der Waals surface area contributed by atoms with Crippen LogP contribution in [-0.4, -0.2) is 40.3 Å². The van der Waals surface area contributed by atoms with Crippen molar-refractivity contribution in [1.82, 2.24) is 20.2 Å². The average Bonchev–Trinajstić information content (AvgIpc) is 3.10. The van der Waals surface area contributed by atoms with Gasteiger partial charge < -0.3 is 9.64 Å². The van der Waals surface area contributed by atoms with Crippen LogP contribution in [0.25, 0.3) is 5.69 Å². The van der Waals surface area contributed by atoms with E-state index < -0.39 is 5.97 Å². The molecular formula is C16H15N5O2. The Kier molecular flexibility index (Phi) is 4.01. The highest BCUT2D eigenvalue weighted by atomic mass is 16.5. The zero-order chi connectivity index (χ0) is 16.2. The van der Waals surface area contributed by atoms with Gasteiger partial charge in [0.25, 0.3) is 0 Å². The molecule has 116 valence electrons. The third-order valence-corrected chi connectivity index (χ3v) is 3.26. The van der Waals surface area contributed by atoms with Crippen LogP contribution in [0.3, 0.4) is 0 Å². The zero-order valence-electron chi connectivity index (χ0n) is 12.7. The summed E-state index contributed by atoms with van der Waals surface area (Å²) >= 11 is 0. The first-order chi connectivity index (χ1) is 11.1. The third-order valence-electron chi connectivity index (χ3n) is 3.26. The van der Waals surface area contributed by atoms with Crippen molar-refractivity contribution in [2.24, 2.45) is 0 Å². The number of aromatic nitrogens is 4. The van der Waals surface area contributed by atoms with Gasteiger partial charge in [-0.1, -0.05) is 6.07 Å². The minimum absolute atomic E-state index is 0.399. The van der Waals surface area contributed by atoms with Crippen molar-refractivity contribution in [3.8, 4) is 11.4 Å². The van der Waals surface area contributed by atoms with E-state index in [4.69, 9.17) is 4.74 Å². The van der Waals surface area contributed by atoms with Gasteiger partial charge in [-0.25, -0.2) is 9.48 Å². The molecule has 0 fully saturated rings. The first kappa shape index (κ1) is 14.7. The van der Waals surface area contributed by atoms with E-state index >= 15 is 0 Å². The monoisotopic (exact) mass is 309 g/mol. The first-order valence-electron chi connectivity index (χ1n) is 6.96. The summed E-state index contributed by atoms with van der Waals surface area (Å²) in [5.41, 5.74) is 2.22. The van der Waals surface area contributed by atoms with Crippen molar-refractivity contribution in [2.45, 2.75) is 0 Å². The zero-order valence-corrected chi connectivity index (χ0v) is 12.7. The molecule has 0 atom stereocenters. The van der Waals surface area contributed by atoms with Crippen LogP contribution in [0.1, 0.15) is 10.4 Å². The van der Waals surface area contributed by atoms with E-state index in [1.54, 1.807) is 36.4 Å². The van der Waals surface area contributed by atoms with E-state index in [9.17, 15) is 4.79 Å². The van der Waals surface area contributed by atoms with Crippen molar-refractivity contribution in [2.75, 3.05) is 19.0 Å². The van der Waals surface area contributed by atoms with Gasteiger partial charge in [-0.2, -0.15) is 0 Å². The Morgan fingerprint density at radius 2 is 1.91 bits per heavy atom. The number of benzene rings is 2. The van der Waals surface area contributed by atoms with Gasteiger partial charge >= 0.3 is 5.97 Å². The number of nitrogens with zero attached hydrogens (tertiary/aromatic N) is 5. The number of carbonyl (C=O) groups excluding carboxylic acids is 1. The molecule has 0 aliphatic heterocycles. The van der Waals surface area contributed by atoms with Crippen molar-refractivity contribution in [1.29, 1.82) is 0 Å². The van der Waals surface area contributed by atoms with Crippen molar-refractivity contribution >= 4 is 11.7 Å². The number of hydrogen-bond donors (Lipinski definition) is 0. The normalized spacial score (nSPS) is 10.3. The Labute approximate surface area is 133 Å². The van der Waals surface area contributed by atoms with Gasteiger partial charge in [0, 0.05) is 19.8 Å². The number of carbonyl (C=O) groups is 1. The van der Waals surface area contributed by atoms with Gasteiger partial charge in [-0.3, -0.25) is 0 Å². The maximum absolute atomic E-state index is 12.2. The number of hydrogen-bond acceptors (Lipinski definition) is 6. The third kappa shape index (κ3) is 3.34. The van der Waals surface area contributed by atoms with Crippen LogP contribution in [0.4, 0.5) is 5.69 Å². The van der Waals surface area contributed by atoms with Crippen LogP contribution in [0.15, 0.2) is 54.9 Å². The topological polar surface area (TPSA) is 73.1 Å². The van der Waals surface area contributed by atoms with Gasteiger partial charge in [-0.05, 0) is 52.9 Å². The summed E-state index contributed by atoms with van der Waals surface area (Å²) in [5.74, 6) is 0.0611. The lowest BCUT2D eigenvalue weighted by atomic mass is 10.2. The molecule has 1 heterocycles. The van der Waals surface area contributed by atoms with E-state index in [-0.39, 0.29) is 0 Å². The second-order valence-electron chi connectivity index (χ2n) is 5.08. The highest BCUT2D eigenvalue weighted by molar-refractivity contribution is 5.92. The highest BCUT2D eigenvalue weighted by Crippen LogP contribution is 2.18. The smallest absolute Gasteiger partial charge is 0.343 e. The molecule has 7 heteroatoms. The molecule has 0 saturated heterocycles. The fourth-order valence-corrected chi connectivity index (χ4v) is 2.02. The molecule has 23 heavy (non-hydrogen) atoms. The summed E-state index contributed by atoms with van der Waals surface area (Å²) in [6.07, 6.45) is 1.49. The quantitative estimate of drug-likeness (QED) is 0.542. The Balaban J connectivity index is 1.74. The number of rotatable bonds is 4. The predicted molar refractivity (Wildman–Crippen MR) is 84.9 cm³/mol. The molecule has 0 saturated carbocycles. The standard InChI is InChI=1S/C16H15N5O2/c1-20(2)14-5-3-4-12(10-14)16(22)23-15-8-6-13(7-9-15)21-11-17-18-19-21/h3-11H,1-2H3. The van der Waals surface area contributed by atoms with E-state index in [0.717, 1.165) is 11.4 Å². The molecular weight excluding hydrogens is 294 g/mol. The largest absolute Gasteiger partial charge is 0.423 e. The van der Waals surface area contributed by atoms with E-state index in [2.05, 4.69) is 15.5 Å². The molecule has 0 spiro atoms. The molecule has 2 aromatic carbocycles. The Morgan fingerprint density at radius 3 is 2.57 bits per heavy atom. The van der Waals surface area contributed by atoms with Crippen molar-refractivity contribution < 1.29 is 9.53 Å². The molecule has 0 N–H and O–H groups in total. The lowest BCUT2D eigenvalue weighted by molar-refractivity contribution is 0.0735. The van der Waals surface area contributed by atoms with Gasteiger partial charge in [0.1, 0.15) is 12.1 Å². The number of esters is 1. The Hall–Kier alpha value is -3.22. The number of anilines is 1. The highest BCUT2D eigenvalue weighted by Gasteiger charge is 2.10. The minimum atomic E-state index is -0.399. The van der Waals surface area contributed by atoms with Gasteiger partial charge in [-0.15, -0.1) is 5.10 Å². The van der Waals surface area contributed by atoms with E-state index in [1.807, 2.05) is 31.1 Å². The molecule has 3 aromatic rings. The molecule has 0 unspecified atom stereocenters. The first-order valence-corrected chi connectivity index (χ1v) is 6.96. The summed E-state index contributed by atoms with van der Waals surface area (Å²) in [6.45, 7) is 0. The molecule has 0 amide bonds. The van der Waals surface area contributed by atoms with E-state index in [1.165, 1.54) is 11.0 Å². The molecule has 0 radical (unpaired) electrons. The van der Waals surface area contributed by atoms with Crippen LogP contribution >= 0.6 is 0 Å². The summed E-state index contributed by atoms with van der Waals surface area (Å²) in [6, 6.07) is 14.2. The van der Waals surface area contributed by atoms with Crippen LogP contribution in [0.2, 0.25) is 0 Å². The predicted octanol–water partition coefficient (Wildman–Crippen LogP) is 1.95. The summed E-state index contributed by atoms with van der Waals surface area (Å²) in [4.78, 5) is 14.2. The van der Waals surface area contributed by atoms with Gasteiger partial charge in [0.15, 0.2) is 0 Å². The maximum atomic E-state index is 12.2. The Morgan fingerprint density at radius 1 is 1.13 bits per heavy atom. The SMILES string of the molecule is CN(C)c1cccc(C(=O)Oc2ccc(-n3cnnn3)cc2)c1. The number of tetrazole rings is 1. The van der Waals surface area contributed by atoms with Crippen LogP contribution in [0, 0.1) is 0 Å². The lowest BCUT2D eigenvalue weighted by Crippen LogP contribution is -2.12. The van der Waals surface area contributed by atoms with Crippen LogP contribution in [-0.2, 0) is 0 Å². The molecule has 0 aliphatic rings. The van der Waals surface area contributed by atoms with Crippen molar-refractivity contribution in [3.05, 3.63) is 60.4 Å². The Bertz CT molecular complexity index is 798. The molecule has 0 bridgehead atoms. The summed E-state index contributed by atoms with van der Waals surface area (Å²) in [7, 11) is 3.84. The van der Waals surface area contributed by atoms with Gasteiger partial charge in [0.2, 0.25) is 0 Å². The lowest BCUT2D eigenvalue weighted by Gasteiger charge is -2.13. The van der Waals surface area contributed by atoms with E-state index in [0.29, 0.717) is 11.3 Å². The minimum Gasteiger partial charge on any atom is -0.423 e. The molecule has 7 nitrogen and oxygen atoms in total. The van der Waals surface area contributed by atoms with Crippen LogP contribution < -0.4 is 9.64 Å².